The van der Waals surface area contributed by atoms with Crippen molar-refractivity contribution in [2.24, 2.45) is 0 Å². The summed E-state index contributed by atoms with van der Waals surface area (Å²) in [6.45, 7) is 2.85. The third-order valence-electron chi connectivity index (χ3n) is 4.82. The number of allylic oxidation sites excluding steroid dienone is 2. The van der Waals surface area contributed by atoms with Crippen molar-refractivity contribution in [1.82, 2.24) is 0 Å². The Morgan fingerprint density at radius 1 is 0.857 bits per heavy atom. The fourth-order valence-corrected chi connectivity index (χ4v) is 3.29. The van der Waals surface area contributed by atoms with Gasteiger partial charge in [-0.3, -0.25) is 9.59 Å². The normalized spacial score (nSPS) is 13.2. The average molecular weight is 380 g/mol. The molecule has 0 radical (unpaired) electrons. The third kappa shape index (κ3) is 4.25. The summed E-state index contributed by atoms with van der Waals surface area (Å²) in [4.78, 5) is 25.1. The number of phenolic OH excluding ortho intramolecular Hbond substituents is 2. The zero-order valence-corrected chi connectivity index (χ0v) is 15.9. The molecular weight excluding hydrogens is 356 g/mol. The van der Waals surface area contributed by atoms with E-state index in [1.807, 2.05) is 24.3 Å². The Kier molecular flexibility index (Phi) is 6.14. The molecule has 0 unspecified atom stereocenters. The SMILES string of the molecule is CCCCCCOc1ccc(CC2=CC(=O)c3c(O)ccc(O)c3C2=O)cc1. The molecule has 2 aromatic rings. The molecule has 0 aliphatic heterocycles. The number of carbonyl (C=O) groups is 2. The van der Waals surface area contributed by atoms with E-state index in [1.165, 1.54) is 31.1 Å². The standard InChI is InChI=1S/C23H24O5/c1-2-3-4-5-12-28-17-8-6-15(7-9-17)13-16-14-20(26)21-18(24)10-11-19(25)22(21)23(16)27/h6-11,14,24-25H,2-5,12-13H2,1H3. The Balaban J connectivity index is 1.68. The van der Waals surface area contributed by atoms with Gasteiger partial charge in [0.1, 0.15) is 17.2 Å². The van der Waals surface area contributed by atoms with Crippen molar-refractivity contribution < 1.29 is 24.5 Å². The molecule has 2 N–H and O–H groups in total. The van der Waals surface area contributed by atoms with Crippen molar-refractivity contribution in [1.29, 1.82) is 0 Å². The van der Waals surface area contributed by atoms with E-state index in [1.54, 1.807) is 0 Å². The molecular formula is C23H24O5. The van der Waals surface area contributed by atoms with Gasteiger partial charge >= 0.3 is 0 Å². The molecule has 1 aliphatic carbocycles. The highest BCUT2D eigenvalue weighted by molar-refractivity contribution is 6.26. The predicted octanol–water partition coefficient (Wildman–Crippen LogP) is 4.61. The molecule has 146 valence electrons. The second-order valence-corrected chi connectivity index (χ2v) is 6.95. The maximum Gasteiger partial charge on any atom is 0.194 e. The predicted molar refractivity (Wildman–Crippen MR) is 106 cm³/mol. The highest BCUT2D eigenvalue weighted by atomic mass is 16.5. The lowest BCUT2D eigenvalue weighted by Crippen LogP contribution is -2.18. The van der Waals surface area contributed by atoms with Gasteiger partial charge in [-0.05, 0) is 42.3 Å². The average Bonchev–Trinajstić information content (AvgIpc) is 2.68. The summed E-state index contributed by atoms with van der Waals surface area (Å²) in [6, 6.07) is 9.84. The molecule has 0 fully saturated rings. The number of benzene rings is 2. The fourth-order valence-electron chi connectivity index (χ4n) is 3.29. The number of Topliss-reactive ketones (excluding diaryl/α,β-unsaturated/α-hetero) is 1. The van der Waals surface area contributed by atoms with Crippen molar-refractivity contribution in [3.8, 4) is 17.2 Å². The van der Waals surface area contributed by atoms with Crippen LogP contribution in [0.3, 0.4) is 0 Å². The quantitative estimate of drug-likeness (QED) is 0.516. The number of ketones is 2. The van der Waals surface area contributed by atoms with Gasteiger partial charge in [-0.1, -0.05) is 38.3 Å². The molecule has 5 heteroatoms. The maximum atomic E-state index is 12.7. The van der Waals surface area contributed by atoms with Crippen LogP contribution in [0.4, 0.5) is 0 Å². The summed E-state index contributed by atoms with van der Waals surface area (Å²) >= 11 is 0. The summed E-state index contributed by atoms with van der Waals surface area (Å²) in [5.41, 5.74) is 0.871. The van der Waals surface area contributed by atoms with Crippen molar-refractivity contribution in [2.45, 2.75) is 39.0 Å². The van der Waals surface area contributed by atoms with Gasteiger partial charge in [0.2, 0.25) is 0 Å². The lowest BCUT2D eigenvalue weighted by Gasteiger charge is -2.17. The number of ether oxygens (including phenoxy) is 1. The number of phenols is 2. The lowest BCUT2D eigenvalue weighted by molar-refractivity contribution is 0.0977. The van der Waals surface area contributed by atoms with Crippen molar-refractivity contribution in [3.63, 3.8) is 0 Å². The van der Waals surface area contributed by atoms with Gasteiger partial charge in [0, 0.05) is 12.0 Å². The monoisotopic (exact) mass is 380 g/mol. The zero-order chi connectivity index (χ0) is 20.1. The number of fused-ring (bicyclic) bond motifs is 1. The summed E-state index contributed by atoms with van der Waals surface area (Å²) in [6.07, 6.45) is 6.07. The first-order chi connectivity index (χ1) is 13.5. The second-order valence-electron chi connectivity index (χ2n) is 6.95. The molecule has 0 aromatic heterocycles. The van der Waals surface area contributed by atoms with Gasteiger partial charge in [-0.25, -0.2) is 0 Å². The van der Waals surface area contributed by atoms with Gasteiger partial charge in [-0.15, -0.1) is 0 Å². The maximum absolute atomic E-state index is 12.7. The Morgan fingerprint density at radius 3 is 2.21 bits per heavy atom. The van der Waals surface area contributed by atoms with E-state index in [9.17, 15) is 19.8 Å². The molecule has 0 bridgehead atoms. The van der Waals surface area contributed by atoms with E-state index in [-0.39, 0.29) is 34.6 Å². The Hall–Kier alpha value is -3.08. The zero-order valence-electron chi connectivity index (χ0n) is 15.9. The van der Waals surface area contributed by atoms with E-state index in [0.717, 1.165) is 24.2 Å². The van der Waals surface area contributed by atoms with Crippen LogP contribution in [0.5, 0.6) is 17.2 Å². The third-order valence-corrected chi connectivity index (χ3v) is 4.82. The molecule has 2 aromatic carbocycles. The van der Waals surface area contributed by atoms with Gasteiger partial charge in [0.25, 0.3) is 0 Å². The van der Waals surface area contributed by atoms with E-state index in [4.69, 9.17) is 4.74 Å². The highest BCUT2D eigenvalue weighted by Crippen LogP contribution is 2.35. The van der Waals surface area contributed by atoms with E-state index < -0.39 is 11.6 Å². The molecule has 0 spiro atoms. The van der Waals surface area contributed by atoms with Gasteiger partial charge in [0.05, 0.1) is 17.7 Å². The summed E-state index contributed by atoms with van der Waals surface area (Å²) in [7, 11) is 0. The molecule has 0 heterocycles. The van der Waals surface area contributed by atoms with Crippen molar-refractivity contribution >= 4 is 11.6 Å². The van der Waals surface area contributed by atoms with Crippen LogP contribution in [0.25, 0.3) is 0 Å². The Labute approximate surface area is 164 Å². The number of aromatic hydroxyl groups is 2. The highest BCUT2D eigenvalue weighted by Gasteiger charge is 2.30. The van der Waals surface area contributed by atoms with Crippen LogP contribution in [-0.4, -0.2) is 28.4 Å². The van der Waals surface area contributed by atoms with E-state index in [0.29, 0.717) is 6.61 Å². The minimum absolute atomic E-state index is 0.130. The number of unbranched alkanes of at least 4 members (excludes halogenated alkanes) is 3. The van der Waals surface area contributed by atoms with Crippen LogP contribution >= 0.6 is 0 Å². The van der Waals surface area contributed by atoms with Crippen LogP contribution in [-0.2, 0) is 6.42 Å². The largest absolute Gasteiger partial charge is 0.507 e. The first-order valence-corrected chi connectivity index (χ1v) is 9.57. The minimum Gasteiger partial charge on any atom is -0.507 e. The van der Waals surface area contributed by atoms with Gasteiger partial charge in [0.15, 0.2) is 11.6 Å². The number of rotatable bonds is 8. The van der Waals surface area contributed by atoms with E-state index in [2.05, 4.69) is 6.92 Å². The molecule has 1 aliphatic rings. The van der Waals surface area contributed by atoms with Crippen LogP contribution in [0.2, 0.25) is 0 Å². The van der Waals surface area contributed by atoms with Crippen LogP contribution in [0.15, 0.2) is 48.0 Å². The molecule has 5 nitrogen and oxygen atoms in total. The molecule has 0 atom stereocenters. The first-order valence-electron chi connectivity index (χ1n) is 9.57. The topological polar surface area (TPSA) is 83.8 Å². The molecule has 28 heavy (non-hydrogen) atoms. The molecule has 0 saturated heterocycles. The fraction of sp³-hybridized carbons (Fsp3) is 0.304. The summed E-state index contributed by atoms with van der Waals surface area (Å²) in [5.74, 6) is -0.761. The minimum atomic E-state index is -0.481. The molecule has 3 rings (SSSR count). The van der Waals surface area contributed by atoms with Crippen molar-refractivity contribution in [2.75, 3.05) is 6.61 Å². The van der Waals surface area contributed by atoms with Gasteiger partial charge in [-0.2, -0.15) is 0 Å². The number of carbonyl (C=O) groups excluding carboxylic acids is 2. The Morgan fingerprint density at radius 2 is 1.54 bits per heavy atom. The Bertz CT molecular complexity index is 909. The van der Waals surface area contributed by atoms with E-state index >= 15 is 0 Å². The van der Waals surface area contributed by atoms with Crippen LogP contribution in [0.1, 0.15) is 58.9 Å². The summed E-state index contributed by atoms with van der Waals surface area (Å²) in [5, 5.41) is 19.9. The molecule has 0 amide bonds. The second kappa shape index (κ2) is 8.74. The van der Waals surface area contributed by atoms with Gasteiger partial charge < -0.3 is 14.9 Å². The number of hydrogen-bond acceptors (Lipinski definition) is 5. The molecule has 0 saturated carbocycles. The number of hydrogen-bond donors (Lipinski definition) is 2. The first kappa shape index (κ1) is 19.7. The van der Waals surface area contributed by atoms with Crippen LogP contribution < -0.4 is 4.74 Å². The smallest absolute Gasteiger partial charge is 0.194 e. The van der Waals surface area contributed by atoms with Crippen LogP contribution in [0, 0.1) is 0 Å². The lowest BCUT2D eigenvalue weighted by atomic mass is 9.85. The summed E-state index contributed by atoms with van der Waals surface area (Å²) < 4.78 is 5.71. The van der Waals surface area contributed by atoms with Crippen molar-refractivity contribution in [3.05, 3.63) is 64.7 Å².